The molecule has 0 bridgehead atoms. The third-order valence-electron chi connectivity index (χ3n) is 1.30. The van der Waals surface area contributed by atoms with Crippen LogP contribution in [0, 0.1) is 0 Å². The molecular weight excluding hydrogens is 220 g/mol. The van der Waals surface area contributed by atoms with E-state index < -0.39 is 0 Å². The van der Waals surface area contributed by atoms with Gasteiger partial charge in [0.25, 0.3) is 0 Å². The highest BCUT2D eigenvalue weighted by Gasteiger charge is 1.81. The van der Waals surface area contributed by atoms with Gasteiger partial charge in [-0.15, -0.1) is 0 Å². The predicted molar refractivity (Wildman–Crippen MR) is 73.1 cm³/mol. The van der Waals surface area contributed by atoms with E-state index in [1.54, 1.807) is 20.8 Å². The largest absolute Gasteiger partial charge is 0.466 e. The SMILES string of the molecule is CC(C)O.CCCCCC.CCOC(C)=O.O. The van der Waals surface area contributed by atoms with Gasteiger partial charge in [-0.1, -0.05) is 39.5 Å². The highest BCUT2D eigenvalue weighted by molar-refractivity contribution is 5.65. The molecule has 3 N–H and O–H groups in total. The molecule has 0 aromatic carbocycles. The van der Waals surface area contributed by atoms with Crippen LogP contribution in [0.3, 0.4) is 0 Å². The van der Waals surface area contributed by atoms with Crippen molar-refractivity contribution in [3.8, 4) is 0 Å². The first kappa shape index (κ1) is 25.3. The second kappa shape index (κ2) is 24.6. The molecule has 17 heavy (non-hydrogen) atoms. The van der Waals surface area contributed by atoms with Gasteiger partial charge >= 0.3 is 5.97 Å². The fraction of sp³-hybridized carbons (Fsp3) is 0.923. The molecule has 0 aliphatic heterocycles. The number of rotatable bonds is 4. The average Bonchev–Trinajstić information content (AvgIpc) is 2.14. The van der Waals surface area contributed by atoms with E-state index >= 15 is 0 Å². The van der Waals surface area contributed by atoms with Crippen LogP contribution >= 0.6 is 0 Å². The summed E-state index contributed by atoms with van der Waals surface area (Å²) < 4.78 is 4.40. The molecule has 0 aliphatic carbocycles. The number of unbranched alkanes of at least 4 members (excludes halogenated alkanes) is 3. The lowest BCUT2D eigenvalue weighted by Crippen LogP contribution is -1.95. The van der Waals surface area contributed by atoms with E-state index in [-0.39, 0.29) is 17.5 Å². The van der Waals surface area contributed by atoms with E-state index in [1.165, 1.54) is 32.6 Å². The molecule has 0 amide bonds. The molecule has 0 radical (unpaired) electrons. The van der Waals surface area contributed by atoms with Crippen molar-refractivity contribution in [2.45, 2.75) is 73.3 Å². The van der Waals surface area contributed by atoms with Crippen molar-refractivity contribution in [1.29, 1.82) is 0 Å². The van der Waals surface area contributed by atoms with E-state index in [2.05, 4.69) is 18.6 Å². The Labute approximate surface area is 107 Å². The molecule has 4 heteroatoms. The zero-order valence-electron chi connectivity index (χ0n) is 12.4. The number of aliphatic hydroxyl groups is 1. The van der Waals surface area contributed by atoms with Crippen LogP contribution in [0.2, 0.25) is 0 Å². The van der Waals surface area contributed by atoms with Gasteiger partial charge in [-0.05, 0) is 20.8 Å². The second-order valence-electron chi connectivity index (χ2n) is 3.73. The molecule has 108 valence electrons. The number of hydrogen-bond donors (Lipinski definition) is 1. The normalized spacial score (nSPS) is 8.00. The Balaban J connectivity index is -0.0000000741. The molecule has 4 nitrogen and oxygen atoms in total. The predicted octanol–water partition coefficient (Wildman–Crippen LogP) is 2.72. The van der Waals surface area contributed by atoms with Crippen molar-refractivity contribution in [1.82, 2.24) is 0 Å². The van der Waals surface area contributed by atoms with Crippen molar-refractivity contribution >= 4 is 5.97 Å². The van der Waals surface area contributed by atoms with Crippen LogP contribution < -0.4 is 0 Å². The van der Waals surface area contributed by atoms with E-state index in [1.807, 2.05) is 0 Å². The lowest BCUT2D eigenvalue weighted by Gasteiger charge is -1.89. The number of hydrogen-bond acceptors (Lipinski definition) is 3. The summed E-state index contributed by atoms with van der Waals surface area (Å²) in [6.07, 6.45) is 5.37. The quantitative estimate of drug-likeness (QED) is 0.617. The van der Waals surface area contributed by atoms with Crippen LogP contribution in [0.1, 0.15) is 67.2 Å². The highest BCUT2D eigenvalue weighted by atomic mass is 16.5. The van der Waals surface area contributed by atoms with E-state index in [9.17, 15) is 4.79 Å². The molecule has 0 heterocycles. The first-order chi connectivity index (χ1) is 7.42. The molecule has 0 rings (SSSR count). The van der Waals surface area contributed by atoms with Gasteiger partial charge in [0.15, 0.2) is 0 Å². The Morgan fingerprint density at radius 1 is 1.12 bits per heavy atom. The molecular formula is C13H32O4. The molecule has 0 saturated carbocycles. The summed E-state index contributed by atoms with van der Waals surface area (Å²) in [6.45, 7) is 11.6. The molecule has 0 unspecified atom stereocenters. The number of carbonyl (C=O) groups is 1. The van der Waals surface area contributed by atoms with Gasteiger partial charge < -0.3 is 15.3 Å². The van der Waals surface area contributed by atoms with Gasteiger partial charge in [-0.3, -0.25) is 4.79 Å². The summed E-state index contributed by atoms with van der Waals surface area (Å²) in [5.74, 6) is -0.211. The van der Waals surface area contributed by atoms with Gasteiger partial charge in [0.2, 0.25) is 0 Å². The number of aliphatic hydroxyl groups excluding tert-OH is 1. The molecule has 0 spiro atoms. The molecule has 0 aromatic rings. The monoisotopic (exact) mass is 252 g/mol. The lowest BCUT2D eigenvalue weighted by molar-refractivity contribution is -0.140. The van der Waals surface area contributed by atoms with Crippen LogP contribution in [-0.4, -0.2) is 29.3 Å². The Morgan fingerprint density at radius 2 is 1.41 bits per heavy atom. The van der Waals surface area contributed by atoms with E-state index in [0.29, 0.717) is 6.61 Å². The first-order valence-electron chi connectivity index (χ1n) is 6.23. The molecule has 0 aromatic heterocycles. The van der Waals surface area contributed by atoms with Gasteiger partial charge in [-0.25, -0.2) is 0 Å². The van der Waals surface area contributed by atoms with Crippen LogP contribution in [0.15, 0.2) is 0 Å². The Hall–Kier alpha value is -0.610. The standard InChI is InChI=1S/C6H14.C4H8O2.C3H8O.H2O/c1-3-5-6-4-2;1-3-6-4(2)5;1-3(2)4;/h3-6H2,1-2H3;3H2,1-2H3;3-4H,1-2H3;1H2. The van der Waals surface area contributed by atoms with Crippen LogP contribution in [0.25, 0.3) is 0 Å². The molecule has 0 atom stereocenters. The fourth-order valence-electron chi connectivity index (χ4n) is 0.703. The van der Waals surface area contributed by atoms with E-state index in [4.69, 9.17) is 5.11 Å². The molecule has 0 fully saturated rings. The summed E-state index contributed by atoms with van der Waals surface area (Å²) in [4.78, 5) is 9.82. The lowest BCUT2D eigenvalue weighted by atomic mass is 10.2. The van der Waals surface area contributed by atoms with Crippen molar-refractivity contribution in [3.05, 3.63) is 0 Å². The zero-order valence-corrected chi connectivity index (χ0v) is 12.4. The highest BCUT2D eigenvalue weighted by Crippen LogP contribution is 1.95. The maximum absolute atomic E-state index is 9.82. The van der Waals surface area contributed by atoms with Gasteiger partial charge in [-0.2, -0.15) is 0 Å². The van der Waals surface area contributed by atoms with Crippen molar-refractivity contribution in [3.63, 3.8) is 0 Å². The Kier molecular flexibility index (Phi) is 36.5. The minimum Gasteiger partial charge on any atom is -0.466 e. The zero-order chi connectivity index (χ0) is 13.4. The van der Waals surface area contributed by atoms with Crippen LogP contribution in [0.4, 0.5) is 0 Å². The van der Waals surface area contributed by atoms with Gasteiger partial charge in [0.1, 0.15) is 0 Å². The topological polar surface area (TPSA) is 78.0 Å². The maximum Gasteiger partial charge on any atom is 0.302 e. The van der Waals surface area contributed by atoms with Crippen molar-refractivity contribution in [2.75, 3.05) is 6.61 Å². The smallest absolute Gasteiger partial charge is 0.302 e. The fourth-order valence-corrected chi connectivity index (χ4v) is 0.703. The first-order valence-corrected chi connectivity index (χ1v) is 6.23. The summed E-state index contributed by atoms with van der Waals surface area (Å²) in [7, 11) is 0. The van der Waals surface area contributed by atoms with Gasteiger partial charge in [0.05, 0.1) is 6.61 Å². The third-order valence-corrected chi connectivity index (χ3v) is 1.30. The minimum atomic E-state index is -0.211. The number of carbonyl (C=O) groups excluding carboxylic acids is 1. The second-order valence-corrected chi connectivity index (χ2v) is 3.73. The van der Waals surface area contributed by atoms with Crippen LogP contribution in [0.5, 0.6) is 0 Å². The Bertz CT molecular complexity index is 118. The Morgan fingerprint density at radius 3 is 1.47 bits per heavy atom. The van der Waals surface area contributed by atoms with Crippen molar-refractivity contribution < 1.29 is 20.1 Å². The van der Waals surface area contributed by atoms with E-state index in [0.717, 1.165) is 0 Å². The van der Waals surface area contributed by atoms with Crippen molar-refractivity contribution in [2.24, 2.45) is 0 Å². The third kappa shape index (κ3) is 95.0. The number of ether oxygens (including phenoxy) is 1. The summed E-state index contributed by atoms with van der Waals surface area (Å²) >= 11 is 0. The number of esters is 1. The van der Waals surface area contributed by atoms with Gasteiger partial charge in [0, 0.05) is 13.0 Å². The summed E-state index contributed by atoms with van der Waals surface area (Å²) in [6, 6.07) is 0. The minimum absolute atomic E-state index is 0. The maximum atomic E-state index is 9.82. The van der Waals surface area contributed by atoms with Crippen LogP contribution in [-0.2, 0) is 9.53 Å². The average molecular weight is 252 g/mol. The molecule has 0 aliphatic rings. The summed E-state index contributed by atoms with van der Waals surface area (Å²) in [5, 5.41) is 8.06. The summed E-state index contributed by atoms with van der Waals surface area (Å²) in [5.41, 5.74) is 0. The molecule has 0 saturated heterocycles.